The molecule has 6 rings (SSSR count). The molecular formula is C40H32Cl2N2O2. The number of hydrogen-bond donors (Lipinski definition) is 0. The van der Waals surface area contributed by atoms with Crippen LogP contribution in [0.1, 0.15) is 54.4 Å². The first-order valence-electron chi connectivity index (χ1n) is 14.8. The number of nitrogens with zero attached hydrogens (tertiary/aromatic N) is 2. The van der Waals surface area contributed by atoms with Crippen LogP contribution in [0, 0.1) is 27.7 Å². The van der Waals surface area contributed by atoms with E-state index in [0.717, 1.165) is 55.4 Å². The predicted molar refractivity (Wildman–Crippen MR) is 192 cm³/mol. The normalized spacial score (nSPS) is 11.3. The number of allylic oxidation sites excluding steroid dienone is 2. The second-order valence-electron chi connectivity index (χ2n) is 10.9. The molecular weight excluding hydrogens is 611 g/mol. The number of fused-ring (bicyclic) bond motifs is 2. The van der Waals surface area contributed by atoms with Crippen molar-refractivity contribution in [3.05, 3.63) is 164 Å². The first-order valence-corrected chi connectivity index (χ1v) is 15.6. The van der Waals surface area contributed by atoms with Gasteiger partial charge in [0, 0.05) is 43.3 Å². The fourth-order valence-electron chi connectivity index (χ4n) is 5.45. The van der Waals surface area contributed by atoms with Crippen LogP contribution in [0.2, 0.25) is 10.0 Å². The number of carbonyl (C=O) groups is 2. The molecule has 0 spiro atoms. The number of para-hydroxylation sites is 2. The smallest absolute Gasteiger partial charge is 0.187 e. The number of ketones is 2. The Kier molecular flexibility index (Phi) is 10.2. The molecule has 0 unspecified atom stereocenters. The molecule has 0 radical (unpaired) electrons. The van der Waals surface area contributed by atoms with Crippen molar-refractivity contribution in [3.8, 4) is 0 Å². The molecule has 4 aromatic carbocycles. The van der Waals surface area contributed by atoms with Crippen LogP contribution >= 0.6 is 23.2 Å². The van der Waals surface area contributed by atoms with Crippen LogP contribution in [-0.4, -0.2) is 21.5 Å². The maximum atomic E-state index is 12.6. The quantitative estimate of drug-likeness (QED) is 0.134. The molecule has 0 aliphatic rings. The number of benzene rings is 4. The minimum Gasteiger partial charge on any atom is -0.289 e. The summed E-state index contributed by atoms with van der Waals surface area (Å²) in [6.07, 6.45) is 6.78. The van der Waals surface area contributed by atoms with Crippen molar-refractivity contribution in [3.63, 3.8) is 0 Å². The van der Waals surface area contributed by atoms with E-state index in [1.807, 2.05) is 100 Å². The van der Waals surface area contributed by atoms with E-state index in [-0.39, 0.29) is 11.6 Å². The Labute approximate surface area is 279 Å². The molecule has 228 valence electrons. The molecule has 0 fully saturated rings. The Bertz CT molecular complexity index is 1980. The number of pyridine rings is 2. The largest absolute Gasteiger partial charge is 0.289 e. The first kappa shape index (κ1) is 32.5. The van der Waals surface area contributed by atoms with Gasteiger partial charge in [-0.3, -0.25) is 19.6 Å². The fraction of sp³-hybridized carbons (Fsp3) is 0.100. The van der Waals surface area contributed by atoms with Gasteiger partial charge in [0.15, 0.2) is 11.6 Å². The Balaban J connectivity index is 0.000000181. The highest BCUT2D eigenvalue weighted by Gasteiger charge is 2.15. The van der Waals surface area contributed by atoms with Crippen molar-refractivity contribution in [1.82, 2.24) is 9.97 Å². The van der Waals surface area contributed by atoms with Gasteiger partial charge in [0.1, 0.15) is 0 Å². The van der Waals surface area contributed by atoms with E-state index in [0.29, 0.717) is 21.2 Å². The molecule has 4 nitrogen and oxygen atoms in total. The second kappa shape index (κ2) is 14.5. The zero-order chi connectivity index (χ0) is 32.8. The lowest BCUT2D eigenvalue weighted by Crippen LogP contribution is -2.04. The maximum Gasteiger partial charge on any atom is 0.187 e. The van der Waals surface area contributed by atoms with Gasteiger partial charge in [-0.2, -0.15) is 0 Å². The highest BCUT2D eigenvalue weighted by atomic mass is 35.5. The Morgan fingerprint density at radius 3 is 1.24 bits per heavy atom. The predicted octanol–water partition coefficient (Wildman–Crippen LogP) is 10.8. The van der Waals surface area contributed by atoms with Gasteiger partial charge in [0.2, 0.25) is 0 Å². The van der Waals surface area contributed by atoms with E-state index >= 15 is 0 Å². The highest BCUT2D eigenvalue weighted by molar-refractivity contribution is 6.30. The van der Waals surface area contributed by atoms with Gasteiger partial charge in [-0.1, -0.05) is 96.0 Å². The lowest BCUT2D eigenvalue weighted by molar-refractivity contribution is 0.103. The monoisotopic (exact) mass is 642 g/mol. The Morgan fingerprint density at radius 1 is 0.522 bits per heavy atom. The molecule has 0 amide bonds. The van der Waals surface area contributed by atoms with Crippen molar-refractivity contribution in [2.24, 2.45) is 0 Å². The second-order valence-corrected chi connectivity index (χ2v) is 11.8. The van der Waals surface area contributed by atoms with Crippen molar-refractivity contribution in [2.75, 3.05) is 0 Å². The maximum absolute atomic E-state index is 12.6. The molecule has 0 bridgehead atoms. The van der Waals surface area contributed by atoms with Crippen LogP contribution in [0.5, 0.6) is 0 Å². The summed E-state index contributed by atoms with van der Waals surface area (Å²) in [5, 5.41) is 3.39. The fourth-order valence-corrected chi connectivity index (χ4v) is 5.70. The molecule has 0 saturated carbocycles. The number of aryl methyl sites for hydroxylation is 4. The van der Waals surface area contributed by atoms with Gasteiger partial charge < -0.3 is 0 Å². The van der Waals surface area contributed by atoms with Gasteiger partial charge >= 0.3 is 0 Å². The van der Waals surface area contributed by atoms with Gasteiger partial charge in [-0.25, -0.2) is 0 Å². The van der Waals surface area contributed by atoms with Crippen LogP contribution in [0.4, 0.5) is 0 Å². The lowest BCUT2D eigenvalue weighted by Gasteiger charge is -2.09. The standard InChI is InChI=1S/2C20H16ClNO/c2*1-13-17-5-3-4-6-18(17)22-14(2)20(13)19(23)12-9-15-7-10-16(21)11-8-15/h2*3-12H,1-2H3/b2*12-9+. The summed E-state index contributed by atoms with van der Waals surface area (Å²) in [7, 11) is 0. The molecule has 0 N–H and O–H groups in total. The number of hydrogen-bond acceptors (Lipinski definition) is 4. The minimum absolute atomic E-state index is 0.0341. The Hall–Kier alpha value is -4.90. The molecule has 46 heavy (non-hydrogen) atoms. The third-order valence-electron chi connectivity index (χ3n) is 7.75. The number of carbonyl (C=O) groups excluding carboxylic acids is 2. The van der Waals surface area contributed by atoms with Crippen molar-refractivity contribution in [2.45, 2.75) is 27.7 Å². The summed E-state index contributed by atoms with van der Waals surface area (Å²) >= 11 is 11.7. The number of aromatic nitrogens is 2. The number of rotatable bonds is 6. The summed E-state index contributed by atoms with van der Waals surface area (Å²) in [5.74, 6) is -0.0681. The van der Waals surface area contributed by atoms with E-state index < -0.39 is 0 Å². The molecule has 0 saturated heterocycles. The van der Waals surface area contributed by atoms with E-state index in [2.05, 4.69) is 9.97 Å². The van der Waals surface area contributed by atoms with E-state index in [9.17, 15) is 9.59 Å². The van der Waals surface area contributed by atoms with Crippen LogP contribution in [0.25, 0.3) is 34.0 Å². The lowest BCUT2D eigenvalue weighted by atomic mass is 9.98. The molecule has 0 atom stereocenters. The molecule has 2 heterocycles. The number of halogens is 2. The van der Waals surface area contributed by atoms with Gasteiger partial charge in [0.25, 0.3) is 0 Å². The third-order valence-corrected chi connectivity index (χ3v) is 8.26. The summed E-state index contributed by atoms with van der Waals surface area (Å²) in [6.45, 7) is 7.70. The average Bonchev–Trinajstić information content (AvgIpc) is 3.04. The zero-order valence-electron chi connectivity index (χ0n) is 26.0. The highest BCUT2D eigenvalue weighted by Crippen LogP contribution is 2.25. The van der Waals surface area contributed by atoms with Crippen molar-refractivity contribution >= 4 is 68.7 Å². The van der Waals surface area contributed by atoms with Crippen LogP contribution in [0.3, 0.4) is 0 Å². The topological polar surface area (TPSA) is 59.9 Å². The van der Waals surface area contributed by atoms with E-state index in [4.69, 9.17) is 23.2 Å². The van der Waals surface area contributed by atoms with Crippen LogP contribution in [0.15, 0.2) is 109 Å². The molecule has 0 aliphatic carbocycles. The molecule has 0 aliphatic heterocycles. The van der Waals surface area contributed by atoms with Gasteiger partial charge in [0.05, 0.1) is 11.0 Å². The van der Waals surface area contributed by atoms with Crippen LogP contribution < -0.4 is 0 Å². The molecule has 6 heteroatoms. The van der Waals surface area contributed by atoms with Gasteiger partial charge in [-0.05, 0) is 98.5 Å². The van der Waals surface area contributed by atoms with E-state index in [1.54, 1.807) is 48.6 Å². The van der Waals surface area contributed by atoms with Crippen LogP contribution in [-0.2, 0) is 0 Å². The summed E-state index contributed by atoms with van der Waals surface area (Å²) in [4.78, 5) is 34.3. The summed E-state index contributed by atoms with van der Waals surface area (Å²) < 4.78 is 0. The van der Waals surface area contributed by atoms with Crippen molar-refractivity contribution < 1.29 is 9.59 Å². The molecule has 6 aromatic rings. The van der Waals surface area contributed by atoms with Crippen molar-refractivity contribution in [1.29, 1.82) is 0 Å². The van der Waals surface area contributed by atoms with Gasteiger partial charge in [-0.15, -0.1) is 0 Å². The SMILES string of the molecule is Cc1nc2ccccc2c(C)c1C(=O)/C=C/c1ccc(Cl)cc1.Cc1nc2ccccc2c(C)c1C(=O)/C=C/c1ccc(Cl)cc1. The Morgan fingerprint density at radius 2 is 0.870 bits per heavy atom. The summed E-state index contributed by atoms with van der Waals surface area (Å²) in [5.41, 5.74) is 8.51. The van der Waals surface area contributed by atoms with E-state index in [1.165, 1.54) is 0 Å². The minimum atomic E-state index is -0.0341. The molecule has 2 aromatic heterocycles. The average molecular weight is 644 g/mol. The summed E-state index contributed by atoms with van der Waals surface area (Å²) in [6, 6.07) is 30.5. The first-order chi connectivity index (χ1) is 22.1. The third kappa shape index (κ3) is 7.48. The zero-order valence-corrected chi connectivity index (χ0v) is 27.5.